The van der Waals surface area contributed by atoms with E-state index in [-0.39, 0.29) is 0 Å². The second-order valence-corrected chi connectivity index (χ2v) is 11.9. The van der Waals surface area contributed by atoms with Crippen LogP contribution >= 0.6 is 34.5 Å². The summed E-state index contributed by atoms with van der Waals surface area (Å²) in [7, 11) is -1.79. The molecule has 0 unspecified atom stereocenters. The zero-order chi connectivity index (χ0) is 17.8. The molecular formula is C23H19BrPS+. The molecule has 0 saturated carbocycles. The Morgan fingerprint density at radius 2 is 1.04 bits per heavy atom. The highest BCUT2D eigenvalue weighted by Crippen LogP contribution is 2.59. The summed E-state index contributed by atoms with van der Waals surface area (Å²) in [5, 5.41) is 6.45. The quantitative estimate of drug-likeness (QED) is 0.335. The minimum atomic E-state index is -1.79. The highest BCUT2D eigenvalue weighted by molar-refractivity contribution is 9.11. The fraction of sp³-hybridized carbons (Fsp3) is 0.0435. The first-order chi connectivity index (χ1) is 12.8. The van der Waals surface area contributed by atoms with E-state index in [9.17, 15) is 0 Å². The molecule has 0 spiro atoms. The minimum Gasteiger partial charge on any atom is -0.136 e. The van der Waals surface area contributed by atoms with Crippen molar-refractivity contribution in [1.82, 2.24) is 0 Å². The van der Waals surface area contributed by atoms with E-state index in [0.717, 1.165) is 6.16 Å². The average molecular weight is 438 g/mol. The van der Waals surface area contributed by atoms with Crippen LogP contribution in [0.2, 0.25) is 0 Å². The molecule has 0 radical (unpaired) electrons. The summed E-state index contributed by atoms with van der Waals surface area (Å²) in [4.78, 5) is 0. The van der Waals surface area contributed by atoms with E-state index in [0.29, 0.717) is 0 Å². The summed E-state index contributed by atoms with van der Waals surface area (Å²) in [6.07, 6.45) is 1.02. The van der Waals surface area contributed by atoms with Crippen LogP contribution in [0.3, 0.4) is 0 Å². The molecule has 0 fully saturated rings. The summed E-state index contributed by atoms with van der Waals surface area (Å²) < 4.78 is 1.24. The van der Waals surface area contributed by atoms with Crippen molar-refractivity contribution in [2.45, 2.75) is 6.16 Å². The van der Waals surface area contributed by atoms with Crippen LogP contribution < -0.4 is 15.9 Å². The van der Waals surface area contributed by atoms with E-state index < -0.39 is 7.26 Å². The number of hydrogen-bond acceptors (Lipinski definition) is 1. The van der Waals surface area contributed by atoms with Gasteiger partial charge in [0.25, 0.3) is 0 Å². The number of hydrogen-bond donors (Lipinski definition) is 0. The van der Waals surface area contributed by atoms with Crippen molar-refractivity contribution in [2.24, 2.45) is 0 Å². The Hall–Kier alpha value is -1.73. The van der Waals surface area contributed by atoms with Crippen LogP contribution in [-0.2, 0) is 6.16 Å². The van der Waals surface area contributed by atoms with Gasteiger partial charge in [0.2, 0.25) is 0 Å². The van der Waals surface area contributed by atoms with Crippen molar-refractivity contribution in [3.63, 3.8) is 0 Å². The molecule has 0 amide bonds. The van der Waals surface area contributed by atoms with Crippen molar-refractivity contribution in [2.75, 3.05) is 0 Å². The van der Waals surface area contributed by atoms with Gasteiger partial charge in [0.05, 0.1) is 3.79 Å². The maximum Gasteiger partial charge on any atom is 0.116 e. The Labute approximate surface area is 168 Å². The molecule has 0 nitrogen and oxygen atoms in total. The van der Waals surface area contributed by atoms with Gasteiger partial charge in [-0.25, -0.2) is 0 Å². The lowest BCUT2D eigenvalue weighted by Crippen LogP contribution is -2.32. The molecule has 1 heterocycles. The molecule has 0 N–H and O–H groups in total. The summed E-state index contributed by atoms with van der Waals surface area (Å²) >= 11 is 5.54. The second kappa shape index (κ2) is 7.88. The molecule has 26 heavy (non-hydrogen) atoms. The molecule has 3 heteroatoms. The lowest BCUT2D eigenvalue weighted by Gasteiger charge is -2.27. The van der Waals surface area contributed by atoms with Gasteiger partial charge < -0.3 is 0 Å². The Balaban J connectivity index is 2.02. The molecule has 1 aromatic heterocycles. The molecule has 128 valence electrons. The van der Waals surface area contributed by atoms with E-state index in [1.54, 1.807) is 11.3 Å². The zero-order valence-corrected chi connectivity index (χ0v) is 17.6. The van der Waals surface area contributed by atoms with Crippen LogP contribution in [0.25, 0.3) is 0 Å². The molecule has 0 atom stereocenters. The van der Waals surface area contributed by atoms with E-state index >= 15 is 0 Å². The van der Waals surface area contributed by atoms with Crippen molar-refractivity contribution in [3.8, 4) is 0 Å². The summed E-state index contributed by atoms with van der Waals surface area (Å²) in [6.45, 7) is 0. The van der Waals surface area contributed by atoms with Gasteiger partial charge in [0, 0.05) is 5.56 Å². The summed E-state index contributed by atoms with van der Waals surface area (Å²) in [5.74, 6) is 0. The molecular weight excluding hydrogens is 419 g/mol. The fourth-order valence-electron chi connectivity index (χ4n) is 3.46. The van der Waals surface area contributed by atoms with Crippen LogP contribution in [0.15, 0.2) is 106 Å². The predicted molar refractivity (Wildman–Crippen MR) is 121 cm³/mol. The van der Waals surface area contributed by atoms with Gasteiger partial charge in [0.1, 0.15) is 29.3 Å². The summed E-state index contributed by atoms with van der Waals surface area (Å²) in [6, 6.07) is 35.4. The lowest BCUT2D eigenvalue weighted by atomic mass is 10.3. The van der Waals surface area contributed by atoms with Crippen molar-refractivity contribution in [1.29, 1.82) is 0 Å². The fourth-order valence-corrected chi connectivity index (χ4v) is 9.28. The number of thiophene rings is 1. The first kappa shape index (κ1) is 17.7. The highest BCUT2D eigenvalue weighted by Gasteiger charge is 2.45. The van der Waals surface area contributed by atoms with Gasteiger partial charge >= 0.3 is 0 Å². The number of benzene rings is 3. The first-order valence-electron chi connectivity index (χ1n) is 8.57. The molecule has 0 aliphatic rings. The molecule has 3 aromatic carbocycles. The SMILES string of the molecule is Brc1sccc1C[P+](c1ccccc1)(c1ccccc1)c1ccccc1. The normalized spacial score (nSPS) is 11.4. The van der Waals surface area contributed by atoms with Gasteiger partial charge in [-0.15, -0.1) is 11.3 Å². The minimum absolute atomic E-state index is 1.02. The number of rotatable bonds is 5. The van der Waals surface area contributed by atoms with Crippen molar-refractivity contribution < 1.29 is 0 Å². The van der Waals surface area contributed by atoms with Crippen LogP contribution in [-0.4, -0.2) is 0 Å². The largest absolute Gasteiger partial charge is 0.136 e. The molecule has 4 rings (SSSR count). The van der Waals surface area contributed by atoms with Crippen LogP contribution in [0.4, 0.5) is 0 Å². The van der Waals surface area contributed by atoms with Crippen LogP contribution in [0.5, 0.6) is 0 Å². The van der Waals surface area contributed by atoms with E-state index in [1.165, 1.54) is 25.3 Å². The molecule has 0 saturated heterocycles. The smallest absolute Gasteiger partial charge is 0.116 e. The first-order valence-corrected chi connectivity index (χ1v) is 12.2. The summed E-state index contributed by atoms with van der Waals surface area (Å²) in [5.41, 5.74) is 1.39. The predicted octanol–water partition coefficient (Wildman–Crippen LogP) is 6.00. The Kier molecular flexibility index (Phi) is 5.36. The van der Waals surface area contributed by atoms with Gasteiger partial charge in [-0.3, -0.25) is 0 Å². The van der Waals surface area contributed by atoms with Crippen molar-refractivity contribution >= 4 is 50.4 Å². The van der Waals surface area contributed by atoms with Crippen molar-refractivity contribution in [3.05, 3.63) is 112 Å². The third-order valence-corrected chi connectivity index (χ3v) is 10.9. The maximum absolute atomic E-state index is 3.77. The third-order valence-electron chi connectivity index (χ3n) is 4.69. The highest BCUT2D eigenvalue weighted by atomic mass is 79.9. The third kappa shape index (κ3) is 3.30. The van der Waals surface area contributed by atoms with Crippen LogP contribution in [0, 0.1) is 0 Å². The molecule has 0 aliphatic carbocycles. The van der Waals surface area contributed by atoms with Crippen LogP contribution in [0.1, 0.15) is 5.56 Å². The molecule has 0 aliphatic heterocycles. The number of halogens is 1. The molecule has 4 aromatic rings. The Bertz CT molecular complexity index is 868. The Morgan fingerprint density at radius 3 is 1.38 bits per heavy atom. The topological polar surface area (TPSA) is 0 Å². The monoisotopic (exact) mass is 437 g/mol. The second-order valence-electron chi connectivity index (χ2n) is 6.19. The van der Waals surface area contributed by atoms with Gasteiger partial charge in [-0.1, -0.05) is 54.6 Å². The van der Waals surface area contributed by atoms with Gasteiger partial charge in [-0.2, -0.15) is 0 Å². The van der Waals surface area contributed by atoms with E-state index in [4.69, 9.17) is 0 Å². The molecule has 0 bridgehead atoms. The van der Waals surface area contributed by atoms with E-state index in [1.807, 2.05) is 0 Å². The van der Waals surface area contributed by atoms with E-state index in [2.05, 4.69) is 118 Å². The zero-order valence-electron chi connectivity index (χ0n) is 14.3. The maximum atomic E-state index is 3.77. The Morgan fingerprint density at radius 1 is 0.615 bits per heavy atom. The average Bonchev–Trinajstić information content (AvgIpc) is 3.12. The van der Waals surface area contributed by atoms with Gasteiger partial charge in [0.15, 0.2) is 0 Å². The standard InChI is InChI=1S/C23H19BrPS/c24-23-19(16-17-26-23)18-25(20-10-4-1-5-11-20,21-12-6-2-7-13-21)22-14-8-3-9-15-22/h1-17H,18H2/q+1. The lowest BCUT2D eigenvalue weighted by molar-refractivity contribution is 1.42. The van der Waals surface area contributed by atoms with Gasteiger partial charge in [-0.05, 0) is 63.8 Å².